The number of carbonyl (C=O) groups is 2. The molecule has 4 fully saturated rings. The Hall–Kier alpha value is -0.850. The molecule has 5 nitrogen and oxygen atoms in total. The first-order valence-electron chi connectivity index (χ1n) is 13.3. The maximum absolute atomic E-state index is 13.4. The largest absolute Gasteiger partial charge is 0.461 e. The van der Waals surface area contributed by atoms with Crippen molar-refractivity contribution >= 4 is 23.5 Å². The van der Waals surface area contributed by atoms with E-state index in [1.165, 1.54) is 11.8 Å². The lowest BCUT2D eigenvalue weighted by atomic mass is 9.44. The zero-order valence-electron chi connectivity index (χ0n) is 21.4. The van der Waals surface area contributed by atoms with Crippen LogP contribution in [0.4, 0.5) is 0 Å². The summed E-state index contributed by atoms with van der Waals surface area (Å²) in [6.45, 7) is 12.6. The van der Waals surface area contributed by atoms with Crippen molar-refractivity contribution in [1.29, 1.82) is 0 Å². The molecule has 0 aliphatic heterocycles. The zero-order chi connectivity index (χ0) is 24.9. The Labute approximate surface area is 209 Å². The summed E-state index contributed by atoms with van der Waals surface area (Å²) in [6.07, 6.45) is 7.92. The number of ketones is 1. The van der Waals surface area contributed by atoms with Crippen LogP contribution in [-0.2, 0) is 14.3 Å². The molecule has 0 amide bonds. The zero-order valence-corrected chi connectivity index (χ0v) is 22.2. The minimum absolute atomic E-state index is 0.0289. The topological polar surface area (TPSA) is 83.8 Å². The van der Waals surface area contributed by atoms with Crippen LogP contribution in [0.3, 0.4) is 0 Å². The third-order valence-electron chi connectivity index (χ3n) is 10.7. The second kappa shape index (κ2) is 9.55. The Morgan fingerprint density at radius 3 is 2.56 bits per heavy atom. The quantitative estimate of drug-likeness (QED) is 0.418. The van der Waals surface area contributed by atoms with Crippen molar-refractivity contribution in [1.82, 2.24) is 0 Å². The summed E-state index contributed by atoms with van der Waals surface area (Å²) in [5.41, 5.74) is -1.34. The number of aliphatic hydroxyl groups excluding tert-OH is 2. The van der Waals surface area contributed by atoms with E-state index in [-0.39, 0.29) is 52.0 Å². The lowest BCUT2D eigenvalue weighted by Crippen LogP contribution is -2.63. The fourth-order valence-electron chi connectivity index (χ4n) is 8.14. The van der Waals surface area contributed by atoms with E-state index in [2.05, 4.69) is 27.4 Å². The van der Waals surface area contributed by atoms with Gasteiger partial charge in [0.05, 0.1) is 18.0 Å². The van der Waals surface area contributed by atoms with Gasteiger partial charge in [0, 0.05) is 28.4 Å². The van der Waals surface area contributed by atoms with Gasteiger partial charge in [-0.05, 0) is 55.8 Å². The maximum atomic E-state index is 13.4. The molecule has 0 aromatic rings. The maximum Gasteiger partial charge on any atom is 0.316 e. The molecule has 34 heavy (non-hydrogen) atoms. The number of ether oxygens (including phenoxy) is 1. The summed E-state index contributed by atoms with van der Waals surface area (Å²) < 4.78 is 6.29. The first kappa shape index (κ1) is 26.2. The van der Waals surface area contributed by atoms with Crippen LogP contribution in [-0.4, -0.2) is 51.3 Å². The predicted molar refractivity (Wildman–Crippen MR) is 135 cm³/mol. The summed E-state index contributed by atoms with van der Waals surface area (Å²) in [5.74, 6) is 0.200. The van der Waals surface area contributed by atoms with Gasteiger partial charge in [-0.15, -0.1) is 18.3 Å². The molecule has 0 aromatic heterocycles. The van der Waals surface area contributed by atoms with Crippen LogP contribution >= 0.6 is 11.8 Å². The van der Waals surface area contributed by atoms with Crippen LogP contribution in [0.25, 0.3) is 0 Å². The monoisotopic (exact) mass is 492 g/mol. The van der Waals surface area contributed by atoms with E-state index in [0.717, 1.165) is 44.9 Å². The second-order valence-electron chi connectivity index (χ2n) is 12.3. The van der Waals surface area contributed by atoms with Gasteiger partial charge < -0.3 is 14.9 Å². The molecular formula is C28H44O5S. The molecule has 0 spiro atoms. The van der Waals surface area contributed by atoms with E-state index in [4.69, 9.17) is 4.74 Å². The molecule has 0 heterocycles. The van der Waals surface area contributed by atoms with E-state index in [1.807, 2.05) is 13.0 Å². The molecule has 0 aromatic carbocycles. The van der Waals surface area contributed by atoms with E-state index >= 15 is 0 Å². The lowest BCUT2D eigenvalue weighted by Gasteiger charge is -2.61. The fraction of sp³-hybridized carbons (Fsp3) is 0.857. The average molecular weight is 493 g/mol. The highest BCUT2D eigenvalue weighted by Gasteiger charge is 2.68. The number of thioether (sulfide) groups is 1. The van der Waals surface area contributed by atoms with Crippen molar-refractivity contribution in [3.05, 3.63) is 12.7 Å². The van der Waals surface area contributed by atoms with Gasteiger partial charge >= 0.3 is 5.97 Å². The number of rotatable bonds is 5. The van der Waals surface area contributed by atoms with E-state index < -0.39 is 23.0 Å². The van der Waals surface area contributed by atoms with Crippen molar-refractivity contribution in [3.8, 4) is 0 Å². The minimum Gasteiger partial charge on any atom is -0.461 e. The molecule has 4 aliphatic rings. The van der Waals surface area contributed by atoms with Crippen LogP contribution in [0.1, 0.15) is 85.5 Å². The molecule has 4 aliphatic carbocycles. The Morgan fingerprint density at radius 2 is 1.88 bits per heavy atom. The van der Waals surface area contributed by atoms with Crippen molar-refractivity contribution < 1.29 is 24.5 Å². The molecular weight excluding hydrogens is 448 g/mol. The third-order valence-corrected chi connectivity index (χ3v) is 12.0. The minimum atomic E-state index is -0.649. The standard InChI is InChI=1S/C28H44O5S/c1-6-26(4)15-22(33-23(31)16-34-21-10-8-7-9-19(21)29)27(5)17(2)11-13-28(18(3)25(26)32)14-12-20(30)24(27)28/h6,17-19,21-22,24-25,29,32H,1,7-16H2,2-5H3/t17?,18-,19?,21?,22+,24-,25-,26+,27-,28-/m0/s1. The van der Waals surface area contributed by atoms with Gasteiger partial charge in [-0.1, -0.05) is 46.6 Å². The predicted octanol–water partition coefficient (Wildman–Crippen LogP) is 4.93. The number of aliphatic hydroxyl groups is 2. The number of esters is 1. The number of carbonyl (C=O) groups excluding carboxylic acids is 2. The first-order valence-corrected chi connectivity index (χ1v) is 14.4. The SMILES string of the molecule is C=C[C@]1(C)C[C@@H](OC(=O)CSC2CCCCC2O)[C@]2(C)C(C)CC[C@]3(CCC(=O)[C@H]32)[C@@H](C)[C@@H]1O. The van der Waals surface area contributed by atoms with Gasteiger partial charge in [-0.3, -0.25) is 9.59 Å². The van der Waals surface area contributed by atoms with Gasteiger partial charge in [0.1, 0.15) is 11.9 Å². The van der Waals surface area contributed by atoms with Crippen molar-refractivity contribution in [2.24, 2.45) is 34.0 Å². The van der Waals surface area contributed by atoms with Crippen molar-refractivity contribution in [3.63, 3.8) is 0 Å². The molecule has 0 radical (unpaired) electrons. The van der Waals surface area contributed by atoms with Crippen LogP contribution < -0.4 is 0 Å². The third kappa shape index (κ3) is 4.10. The Bertz CT molecular complexity index is 815. The van der Waals surface area contributed by atoms with Crippen molar-refractivity contribution in [2.75, 3.05) is 5.75 Å². The molecule has 4 saturated carbocycles. The Morgan fingerprint density at radius 1 is 1.18 bits per heavy atom. The molecule has 10 atom stereocenters. The lowest BCUT2D eigenvalue weighted by molar-refractivity contribution is -0.205. The van der Waals surface area contributed by atoms with Gasteiger partial charge in [0.2, 0.25) is 0 Å². The number of hydrogen-bond acceptors (Lipinski definition) is 6. The second-order valence-corrected chi connectivity index (χ2v) is 13.5. The van der Waals surface area contributed by atoms with E-state index in [1.54, 1.807) is 0 Å². The number of Topliss-reactive ketones (excluding diaryl/α,β-unsaturated/α-hetero) is 1. The molecule has 6 heteroatoms. The summed E-state index contributed by atoms with van der Waals surface area (Å²) in [7, 11) is 0. The fourth-order valence-corrected chi connectivity index (χ4v) is 9.25. The normalized spacial score (nSPS) is 49.0. The van der Waals surface area contributed by atoms with Crippen LogP contribution in [0.15, 0.2) is 12.7 Å². The van der Waals surface area contributed by atoms with Gasteiger partial charge in [0.25, 0.3) is 0 Å². The van der Waals surface area contributed by atoms with Crippen LogP contribution in [0.2, 0.25) is 0 Å². The molecule has 2 N–H and O–H groups in total. The first-order chi connectivity index (χ1) is 16.0. The highest BCUT2D eigenvalue weighted by Crippen LogP contribution is 2.68. The summed E-state index contributed by atoms with van der Waals surface area (Å²) in [4.78, 5) is 26.6. The number of hydrogen-bond donors (Lipinski definition) is 2. The van der Waals surface area contributed by atoms with Gasteiger partial charge in [-0.25, -0.2) is 0 Å². The van der Waals surface area contributed by atoms with Crippen molar-refractivity contribution in [2.45, 2.75) is 109 Å². The molecule has 4 rings (SSSR count). The molecule has 0 saturated heterocycles. The highest BCUT2D eigenvalue weighted by molar-refractivity contribution is 8.00. The van der Waals surface area contributed by atoms with Gasteiger partial charge in [-0.2, -0.15) is 0 Å². The van der Waals surface area contributed by atoms with Gasteiger partial charge in [0.15, 0.2) is 0 Å². The van der Waals surface area contributed by atoms with E-state index in [9.17, 15) is 19.8 Å². The smallest absolute Gasteiger partial charge is 0.316 e. The summed E-state index contributed by atoms with van der Waals surface area (Å²) in [5, 5.41) is 22.0. The highest BCUT2D eigenvalue weighted by atomic mass is 32.2. The average Bonchev–Trinajstić information content (AvgIpc) is 3.17. The Kier molecular flexibility index (Phi) is 7.37. The summed E-state index contributed by atoms with van der Waals surface area (Å²) >= 11 is 1.50. The molecule has 3 unspecified atom stereocenters. The molecule has 2 bridgehead atoms. The Balaban J connectivity index is 1.65. The van der Waals surface area contributed by atoms with Crippen LogP contribution in [0.5, 0.6) is 0 Å². The van der Waals surface area contributed by atoms with E-state index in [0.29, 0.717) is 12.8 Å². The molecule has 192 valence electrons. The van der Waals surface area contributed by atoms with Crippen LogP contribution in [0, 0.1) is 34.0 Å². The summed E-state index contributed by atoms with van der Waals surface area (Å²) in [6, 6.07) is 0.